The molecule has 1 aromatic rings. The fraction of sp³-hybridized carbons (Fsp3) is 0.818. The zero-order valence-corrected chi connectivity index (χ0v) is 17.0. The van der Waals surface area contributed by atoms with Crippen molar-refractivity contribution in [1.29, 1.82) is 0 Å². The smallest absolute Gasteiger partial charge is 0.217 e. The Kier molecular flexibility index (Phi) is 7.91. The molecule has 1 amide bonds. The van der Waals surface area contributed by atoms with Gasteiger partial charge in [-0.3, -0.25) is 4.79 Å². The Morgan fingerprint density at radius 1 is 1.11 bits per heavy atom. The predicted octanol–water partition coefficient (Wildman–Crippen LogP) is 3.18. The van der Waals surface area contributed by atoms with Crippen molar-refractivity contribution in [3.05, 3.63) is 17.7 Å². The van der Waals surface area contributed by atoms with Gasteiger partial charge in [0.05, 0.1) is 12.2 Å². The van der Waals surface area contributed by atoms with Crippen LogP contribution in [0.5, 0.6) is 0 Å². The number of hydrogen-bond donors (Lipinski definition) is 4. The van der Waals surface area contributed by atoms with E-state index in [-0.39, 0.29) is 24.2 Å². The molecule has 1 aromatic heterocycles. The third-order valence-corrected chi connectivity index (χ3v) is 6.85. The van der Waals surface area contributed by atoms with E-state index < -0.39 is 12.2 Å². The topological polar surface area (TPSA) is 112 Å². The second kappa shape index (κ2) is 10.4. The first-order chi connectivity index (χ1) is 13.5. The van der Waals surface area contributed by atoms with Crippen molar-refractivity contribution in [3.8, 4) is 0 Å². The number of aryl methyl sites for hydroxylation is 1. The molecule has 0 radical (unpaired) electrons. The average molecular weight is 392 g/mol. The van der Waals surface area contributed by atoms with E-state index in [1.807, 2.05) is 0 Å². The molecule has 2 fully saturated rings. The number of H-pyrrole nitrogens is 1. The van der Waals surface area contributed by atoms with Gasteiger partial charge < -0.3 is 20.9 Å². The Morgan fingerprint density at radius 3 is 2.39 bits per heavy atom. The molecule has 1 heterocycles. The summed E-state index contributed by atoms with van der Waals surface area (Å²) in [6.45, 7) is 0. The molecule has 3 atom stereocenters. The fourth-order valence-corrected chi connectivity index (χ4v) is 5.14. The van der Waals surface area contributed by atoms with Gasteiger partial charge in [0.2, 0.25) is 5.91 Å². The van der Waals surface area contributed by atoms with E-state index in [1.165, 1.54) is 38.5 Å². The highest BCUT2D eigenvalue weighted by molar-refractivity contribution is 5.73. The van der Waals surface area contributed by atoms with Gasteiger partial charge in [0.25, 0.3) is 0 Å². The van der Waals surface area contributed by atoms with E-state index in [2.05, 4.69) is 9.97 Å². The lowest BCUT2D eigenvalue weighted by molar-refractivity contribution is -0.118. The molecule has 0 spiro atoms. The zero-order chi connectivity index (χ0) is 19.9. The van der Waals surface area contributed by atoms with Gasteiger partial charge in [0, 0.05) is 24.2 Å². The summed E-state index contributed by atoms with van der Waals surface area (Å²) in [5.74, 6) is 0.977. The molecule has 0 unspecified atom stereocenters. The minimum absolute atomic E-state index is 0.182. The number of aromatic amines is 1. The fourth-order valence-electron chi connectivity index (χ4n) is 5.14. The molecular formula is C22H37N3O3. The lowest BCUT2D eigenvalue weighted by atomic mass is 9.76. The highest BCUT2D eigenvalue weighted by Crippen LogP contribution is 2.37. The van der Waals surface area contributed by atoms with Crippen LogP contribution in [0.3, 0.4) is 0 Å². The standard InChI is InChI=1S/C22H37N3O3/c23-19(26)12-11-17-14-24-22(25-17)18(13-15-7-3-1-4-8-15)21(28)20(27)16-9-5-2-6-10-16/h14-16,18,20-21,27-28H,1-13H2,(H2,23,26)(H,24,25)/t18-,20+,21-/m0/s1. The molecule has 2 aliphatic rings. The van der Waals surface area contributed by atoms with E-state index >= 15 is 0 Å². The summed E-state index contributed by atoms with van der Waals surface area (Å²) in [6.07, 6.45) is 13.6. The van der Waals surface area contributed by atoms with Crippen LogP contribution in [0.2, 0.25) is 0 Å². The molecular weight excluding hydrogens is 354 g/mol. The van der Waals surface area contributed by atoms with Crippen molar-refractivity contribution in [3.63, 3.8) is 0 Å². The van der Waals surface area contributed by atoms with Crippen molar-refractivity contribution in [2.45, 2.75) is 102 Å². The van der Waals surface area contributed by atoms with Crippen molar-refractivity contribution in [1.82, 2.24) is 9.97 Å². The quantitative estimate of drug-likeness (QED) is 0.518. The third-order valence-electron chi connectivity index (χ3n) is 6.85. The number of hydrogen-bond acceptors (Lipinski definition) is 4. The van der Waals surface area contributed by atoms with Gasteiger partial charge in [0.1, 0.15) is 5.82 Å². The van der Waals surface area contributed by atoms with E-state index in [0.29, 0.717) is 12.3 Å². The summed E-state index contributed by atoms with van der Waals surface area (Å²) >= 11 is 0. The number of aliphatic hydroxyl groups is 2. The van der Waals surface area contributed by atoms with E-state index in [4.69, 9.17) is 5.73 Å². The van der Waals surface area contributed by atoms with Gasteiger partial charge in [-0.2, -0.15) is 0 Å². The Balaban J connectivity index is 1.72. The number of carbonyl (C=O) groups is 1. The van der Waals surface area contributed by atoms with Gasteiger partial charge in [-0.05, 0) is 37.5 Å². The molecule has 0 aliphatic heterocycles. The van der Waals surface area contributed by atoms with Gasteiger partial charge in [-0.25, -0.2) is 4.98 Å². The van der Waals surface area contributed by atoms with Crippen molar-refractivity contribution in [2.24, 2.45) is 17.6 Å². The Hall–Kier alpha value is -1.40. The predicted molar refractivity (Wildman–Crippen MR) is 109 cm³/mol. The van der Waals surface area contributed by atoms with Crippen LogP contribution in [0.25, 0.3) is 0 Å². The SMILES string of the molecule is NC(=O)CCc1cnc([C@@H](CC2CCCCC2)[C@H](O)[C@H](O)C2CCCCC2)[nH]1. The molecule has 0 saturated heterocycles. The van der Waals surface area contributed by atoms with Gasteiger partial charge in [-0.1, -0.05) is 51.4 Å². The highest BCUT2D eigenvalue weighted by Gasteiger charge is 2.36. The van der Waals surface area contributed by atoms with E-state index in [0.717, 1.165) is 43.6 Å². The molecule has 5 N–H and O–H groups in total. The van der Waals surface area contributed by atoms with Crippen molar-refractivity contribution < 1.29 is 15.0 Å². The molecule has 0 aromatic carbocycles. The lowest BCUT2D eigenvalue weighted by Gasteiger charge is -2.35. The monoisotopic (exact) mass is 391 g/mol. The van der Waals surface area contributed by atoms with Crippen molar-refractivity contribution >= 4 is 5.91 Å². The maximum Gasteiger partial charge on any atom is 0.217 e. The summed E-state index contributed by atoms with van der Waals surface area (Å²) in [5.41, 5.74) is 6.12. The first kappa shape index (κ1) is 21.3. The summed E-state index contributed by atoms with van der Waals surface area (Å²) in [6, 6.07) is 0. The van der Waals surface area contributed by atoms with Gasteiger partial charge in [-0.15, -0.1) is 0 Å². The number of aliphatic hydroxyl groups excluding tert-OH is 2. The number of rotatable bonds is 9. The maximum absolute atomic E-state index is 11.2. The average Bonchev–Trinajstić information content (AvgIpc) is 3.19. The molecule has 6 nitrogen and oxygen atoms in total. The maximum atomic E-state index is 11.2. The van der Waals surface area contributed by atoms with Crippen LogP contribution in [0.4, 0.5) is 0 Å². The first-order valence-corrected chi connectivity index (χ1v) is 11.2. The molecule has 158 valence electrons. The van der Waals surface area contributed by atoms with Crippen LogP contribution in [-0.2, 0) is 11.2 Å². The van der Waals surface area contributed by atoms with Gasteiger partial charge in [0.15, 0.2) is 0 Å². The van der Waals surface area contributed by atoms with Crippen LogP contribution in [0, 0.1) is 11.8 Å². The number of aromatic nitrogens is 2. The summed E-state index contributed by atoms with van der Waals surface area (Å²) in [5, 5.41) is 22.1. The van der Waals surface area contributed by atoms with E-state index in [9.17, 15) is 15.0 Å². The summed E-state index contributed by atoms with van der Waals surface area (Å²) < 4.78 is 0. The summed E-state index contributed by atoms with van der Waals surface area (Å²) in [7, 11) is 0. The lowest BCUT2D eigenvalue weighted by Crippen LogP contribution is -2.39. The van der Waals surface area contributed by atoms with Crippen molar-refractivity contribution in [2.75, 3.05) is 0 Å². The van der Waals surface area contributed by atoms with Crippen LogP contribution >= 0.6 is 0 Å². The van der Waals surface area contributed by atoms with E-state index in [1.54, 1.807) is 6.20 Å². The molecule has 0 bridgehead atoms. The third kappa shape index (κ3) is 5.80. The minimum atomic E-state index is -0.805. The second-order valence-corrected chi connectivity index (χ2v) is 8.99. The summed E-state index contributed by atoms with van der Waals surface area (Å²) in [4.78, 5) is 18.9. The number of nitrogens with one attached hydrogen (secondary N) is 1. The van der Waals surface area contributed by atoms with Gasteiger partial charge >= 0.3 is 0 Å². The number of nitrogens with zero attached hydrogens (tertiary/aromatic N) is 1. The Labute approximate surface area is 168 Å². The highest BCUT2D eigenvalue weighted by atomic mass is 16.3. The largest absolute Gasteiger partial charge is 0.390 e. The number of carbonyl (C=O) groups excluding carboxylic acids is 1. The Morgan fingerprint density at radius 2 is 1.75 bits per heavy atom. The normalized spacial score (nSPS) is 22.6. The molecule has 6 heteroatoms. The molecule has 28 heavy (non-hydrogen) atoms. The Bertz CT molecular complexity index is 606. The second-order valence-electron chi connectivity index (χ2n) is 8.99. The van der Waals surface area contributed by atoms with Crippen LogP contribution in [0.1, 0.15) is 94.5 Å². The minimum Gasteiger partial charge on any atom is -0.390 e. The van der Waals surface area contributed by atoms with Crippen LogP contribution < -0.4 is 5.73 Å². The zero-order valence-electron chi connectivity index (χ0n) is 17.0. The first-order valence-electron chi connectivity index (χ1n) is 11.2. The molecule has 2 aliphatic carbocycles. The molecule has 3 rings (SSSR count). The number of imidazole rings is 1. The number of primary amides is 1. The van der Waals surface area contributed by atoms with Crippen LogP contribution in [0.15, 0.2) is 6.20 Å². The number of amides is 1. The molecule has 2 saturated carbocycles. The van der Waals surface area contributed by atoms with Crippen LogP contribution in [-0.4, -0.2) is 38.3 Å². The number of nitrogens with two attached hydrogens (primary N) is 1.